The van der Waals surface area contributed by atoms with E-state index in [9.17, 15) is 99.9 Å². The van der Waals surface area contributed by atoms with E-state index >= 15 is 0 Å². The van der Waals surface area contributed by atoms with Crippen LogP contribution in [-0.2, 0) is 125 Å². The number of unbranched alkanes of at least 4 members (excludes halogenated alkanes) is 15. The first-order chi connectivity index (χ1) is 61.2. The number of ether oxygens (including phenoxy) is 4. The average Bonchev–Trinajstić information content (AvgIpc) is 1.60. The van der Waals surface area contributed by atoms with Crippen LogP contribution in [0.4, 0.5) is 0 Å². The van der Waals surface area contributed by atoms with E-state index in [0.29, 0.717) is 54.1 Å². The van der Waals surface area contributed by atoms with Crippen LogP contribution in [0, 0.1) is 0 Å². The van der Waals surface area contributed by atoms with Gasteiger partial charge in [-0.15, -0.1) is 0 Å². The SMILES string of the molecule is CCCC[C@H](NC(=O)[C@H](Cc1ccc(OS(=O)(=O)O)cc1)NC(=O)[C@H](CC(=O)O)NC(=O)COCCOCCNC(=O)COCCOCCNC(=O)CC[C@H](NC(=O)CCCCCCCCCCCCCCCCC(=O)O)C(=O)O)C(=O)NCC(=O)N[C@@H](Cc1c[nH]c2ccccc12)C(=O)N[C@@H](CCCC)C(=O)N[C@@H](CC(N)=O)C(=O)N[C@@H](Cc1ccccc1)C(N)=O. The van der Waals surface area contributed by atoms with Crippen LogP contribution in [0.5, 0.6) is 5.75 Å². The monoisotopic (exact) mass is 1820 g/mol. The summed E-state index contributed by atoms with van der Waals surface area (Å²) >= 11 is 0. The number of nitrogens with one attached hydrogen (secondary N) is 12. The summed E-state index contributed by atoms with van der Waals surface area (Å²) in [6.07, 6.45) is 15.3. The number of hydrogen-bond donors (Lipinski definition) is 18. The number of nitrogens with two attached hydrogens (primary N) is 2. The molecule has 710 valence electrons. The number of aromatic nitrogens is 1. The number of fused-ring (bicyclic) bond motifs is 1. The van der Waals surface area contributed by atoms with Gasteiger partial charge in [-0.25, -0.2) is 4.79 Å². The molecule has 4 aromatic rings. The molecule has 1 heterocycles. The number of benzene rings is 3. The van der Waals surface area contributed by atoms with Gasteiger partial charge < -0.3 is 113 Å². The molecule has 0 saturated carbocycles. The fourth-order valence-electron chi connectivity index (χ4n) is 13.2. The van der Waals surface area contributed by atoms with Gasteiger partial charge >= 0.3 is 28.3 Å². The smallest absolute Gasteiger partial charge is 0.446 e. The quantitative estimate of drug-likeness (QED) is 0.0222. The highest BCUT2D eigenvalue weighted by molar-refractivity contribution is 7.81. The number of hydrogen-bond acceptors (Lipinski definition) is 23. The van der Waals surface area contributed by atoms with Gasteiger partial charge in [0.2, 0.25) is 76.8 Å². The number of amides is 13. The van der Waals surface area contributed by atoms with E-state index in [0.717, 1.165) is 69.9 Å². The molecule has 1 aromatic heterocycles. The van der Waals surface area contributed by atoms with Crippen molar-refractivity contribution in [1.29, 1.82) is 0 Å². The number of para-hydroxylation sites is 1. The van der Waals surface area contributed by atoms with Crippen molar-refractivity contribution in [2.24, 2.45) is 11.5 Å². The van der Waals surface area contributed by atoms with Gasteiger partial charge in [0.25, 0.3) is 0 Å². The Morgan fingerprint density at radius 3 is 1.38 bits per heavy atom. The lowest BCUT2D eigenvalue weighted by molar-refractivity contribution is -0.142. The van der Waals surface area contributed by atoms with E-state index < -0.39 is 180 Å². The van der Waals surface area contributed by atoms with Gasteiger partial charge in [-0.3, -0.25) is 76.5 Å². The van der Waals surface area contributed by atoms with Crippen molar-refractivity contribution in [3.05, 3.63) is 102 Å². The Kier molecular flexibility index (Phi) is 53.0. The van der Waals surface area contributed by atoms with Crippen LogP contribution in [0.2, 0.25) is 0 Å². The second-order valence-electron chi connectivity index (χ2n) is 30.7. The summed E-state index contributed by atoms with van der Waals surface area (Å²) in [6.45, 7) is 1.73. The first-order valence-corrected chi connectivity index (χ1v) is 44.7. The lowest BCUT2D eigenvalue weighted by atomic mass is 10.0. The van der Waals surface area contributed by atoms with Crippen LogP contribution < -0.4 is 74.1 Å². The maximum Gasteiger partial charge on any atom is 0.446 e. The number of aliphatic carboxylic acids is 3. The third-order valence-corrected chi connectivity index (χ3v) is 20.4. The zero-order valence-corrected chi connectivity index (χ0v) is 73.5. The molecule has 20 N–H and O–H groups in total. The Hall–Kier alpha value is -11.7. The normalized spacial score (nSPS) is 13.1. The Bertz CT molecular complexity index is 4290. The number of rotatable bonds is 72. The molecule has 13 amide bonds. The first-order valence-electron chi connectivity index (χ1n) is 43.3. The number of primary amides is 2. The van der Waals surface area contributed by atoms with E-state index in [2.05, 4.69) is 67.7 Å². The lowest BCUT2D eigenvalue weighted by Crippen LogP contribution is -2.59. The number of carbonyl (C=O) groups is 16. The molecule has 0 bridgehead atoms. The molecule has 0 aliphatic rings. The van der Waals surface area contributed by atoms with Crippen molar-refractivity contribution in [1.82, 2.24) is 63.5 Å². The molecule has 41 nitrogen and oxygen atoms in total. The number of H-pyrrole nitrogens is 1. The zero-order chi connectivity index (χ0) is 94.0. The Balaban J connectivity index is 1.25. The molecule has 0 aliphatic heterocycles. The largest absolute Gasteiger partial charge is 0.481 e. The maximum atomic E-state index is 14.6. The number of aromatic amines is 1. The van der Waals surface area contributed by atoms with Gasteiger partial charge in [0.1, 0.15) is 67.3 Å². The summed E-state index contributed by atoms with van der Waals surface area (Å²) < 4.78 is 58.3. The van der Waals surface area contributed by atoms with Gasteiger partial charge in [-0.1, -0.05) is 177 Å². The van der Waals surface area contributed by atoms with E-state index in [1.807, 2.05) is 6.92 Å². The van der Waals surface area contributed by atoms with Crippen LogP contribution in [0.25, 0.3) is 10.9 Å². The molecule has 0 saturated heterocycles. The minimum Gasteiger partial charge on any atom is -0.481 e. The van der Waals surface area contributed by atoms with Gasteiger partial charge in [0.15, 0.2) is 0 Å². The van der Waals surface area contributed by atoms with Crippen LogP contribution in [0.3, 0.4) is 0 Å². The van der Waals surface area contributed by atoms with E-state index in [-0.39, 0.29) is 128 Å². The minimum absolute atomic E-state index is 0.00705. The summed E-state index contributed by atoms with van der Waals surface area (Å²) in [5, 5.41) is 56.5. The van der Waals surface area contributed by atoms with E-state index in [1.165, 1.54) is 37.8 Å². The van der Waals surface area contributed by atoms with Crippen molar-refractivity contribution in [3.63, 3.8) is 0 Å². The highest BCUT2D eigenvalue weighted by atomic mass is 32.3. The van der Waals surface area contributed by atoms with Crippen molar-refractivity contribution >= 4 is 116 Å². The molecule has 3 aromatic carbocycles. The summed E-state index contributed by atoms with van der Waals surface area (Å²) in [7, 11) is -4.99. The molecule has 0 spiro atoms. The first kappa shape index (κ1) is 109. The standard InChI is InChI=1S/C86H128N14O27S/c1-3-5-29-63(80(112)92-54-74(104)94-68(50-59-53-91-62-31-25-24-28-61(59)62)83(115)97-64(30-6-4-2)81(113)100-69(51-71(87)101)84(116)98-66(79(88)111)48-57-26-20-19-21-27-57)96-82(114)67(49-58-34-36-60(37-35-58)127-128(120,121)122)99-85(117)70(52-78(109)110)95-76(106)56-126-47-45-124-43-41-90-75(105)55-125-46-44-123-42-40-89-72(102)39-38-65(86(118)119)93-73(103)32-22-17-15-13-11-9-7-8-10-12-14-16-18-23-33-77(107)108/h19-21,24-28,31,34-37,53,63-70,91H,3-18,22-23,29-30,32-33,38-52,54-56H2,1-2H3,(H2,87,101)(H2,88,111)(H,89,102)(H,90,105)(H,92,112)(H,93,103)(H,94,104)(H,95,106)(H,96,114)(H,97,115)(H,98,116)(H,99,117)(H,100,113)(H,107,108)(H,109,110)(H,118,119)(H,120,121,122)/t63-,64-,65-,66-,67-,68-,69-,70-/m0/s1. The number of carboxylic acid groups (broad SMARTS) is 3. The predicted molar refractivity (Wildman–Crippen MR) is 465 cm³/mol. The molecule has 0 unspecified atom stereocenters. The molecule has 0 radical (unpaired) electrons. The van der Waals surface area contributed by atoms with Crippen LogP contribution in [0.15, 0.2) is 85.1 Å². The van der Waals surface area contributed by atoms with Gasteiger partial charge in [0.05, 0.1) is 59.0 Å². The van der Waals surface area contributed by atoms with Crippen LogP contribution in [0.1, 0.15) is 197 Å². The number of carboxylic acids is 3. The van der Waals surface area contributed by atoms with Crippen LogP contribution >= 0.6 is 0 Å². The summed E-state index contributed by atoms with van der Waals surface area (Å²) in [4.78, 5) is 213. The minimum atomic E-state index is -4.99. The second-order valence-corrected chi connectivity index (χ2v) is 31.7. The Morgan fingerprint density at radius 1 is 0.391 bits per heavy atom. The van der Waals surface area contributed by atoms with Crippen molar-refractivity contribution in [2.45, 2.75) is 248 Å². The molecule has 8 atom stereocenters. The summed E-state index contributed by atoms with van der Waals surface area (Å²) in [5.74, 6) is -15.1. The Labute approximate surface area is 744 Å². The third kappa shape index (κ3) is 48.3. The average molecular weight is 1820 g/mol. The highest BCUT2D eigenvalue weighted by Gasteiger charge is 2.35. The van der Waals surface area contributed by atoms with Gasteiger partial charge in [-0.05, 0) is 67.0 Å². The summed E-state index contributed by atoms with van der Waals surface area (Å²) in [5.41, 5.74) is 13.2. The maximum absolute atomic E-state index is 14.6. The lowest BCUT2D eigenvalue weighted by Gasteiger charge is -2.26. The molecule has 0 fully saturated rings. The van der Waals surface area contributed by atoms with Crippen molar-refractivity contribution in [2.75, 3.05) is 72.5 Å². The van der Waals surface area contributed by atoms with Crippen molar-refractivity contribution < 1.29 is 128 Å². The van der Waals surface area contributed by atoms with Crippen LogP contribution in [-0.4, -0.2) is 249 Å². The molecule has 42 heteroatoms. The van der Waals surface area contributed by atoms with E-state index in [4.69, 9.17) is 35.5 Å². The topological polar surface area (TPSA) is 634 Å². The van der Waals surface area contributed by atoms with Crippen molar-refractivity contribution in [3.8, 4) is 5.75 Å². The highest BCUT2D eigenvalue weighted by Crippen LogP contribution is 2.22. The third-order valence-electron chi connectivity index (χ3n) is 20.0. The van der Waals surface area contributed by atoms with E-state index in [1.54, 1.807) is 67.7 Å². The zero-order valence-electron chi connectivity index (χ0n) is 72.7. The molecule has 128 heavy (non-hydrogen) atoms. The number of carbonyl (C=O) groups excluding carboxylic acids is 13. The molecule has 4 rings (SSSR count). The second kappa shape index (κ2) is 62.4. The summed E-state index contributed by atoms with van der Waals surface area (Å²) in [6, 6.07) is 8.23. The molecular weight excluding hydrogens is 1690 g/mol. The molecule has 0 aliphatic carbocycles. The fourth-order valence-corrected chi connectivity index (χ4v) is 13.6. The Morgan fingerprint density at radius 2 is 0.836 bits per heavy atom. The van der Waals surface area contributed by atoms with Gasteiger partial charge in [0, 0.05) is 68.7 Å². The predicted octanol–water partition coefficient (Wildman–Crippen LogP) is 2.08. The molecular formula is C86H128N14O27S. The fraction of sp³-hybridized carbons (Fsp3) is 0.581. The van der Waals surface area contributed by atoms with Gasteiger partial charge in [-0.2, -0.15) is 8.42 Å².